The van der Waals surface area contributed by atoms with Crippen molar-refractivity contribution < 1.29 is 4.79 Å². The molecule has 2 unspecified atom stereocenters. The molecule has 3 aliphatic rings. The van der Waals surface area contributed by atoms with Crippen LogP contribution in [0.2, 0.25) is 0 Å². The van der Waals surface area contributed by atoms with Crippen LogP contribution < -0.4 is 0 Å². The maximum absolute atomic E-state index is 13.0. The Hall–Kier alpha value is -0.770. The molecule has 0 bridgehead atoms. The Morgan fingerprint density at radius 1 is 1.15 bits per heavy atom. The van der Waals surface area contributed by atoms with Crippen LogP contribution in [-0.4, -0.2) is 28.0 Å². The molecule has 4 rings (SSSR count). The molecule has 3 fully saturated rings. The lowest BCUT2D eigenvalue weighted by atomic mass is 9.92. The highest BCUT2D eigenvalue weighted by Gasteiger charge is 2.39. The van der Waals surface area contributed by atoms with Crippen LogP contribution in [0.25, 0.3) is 0 Å². The predicted octanol–water partition coefficient (Wildman–Crippen LogP) is 3.99. The molecule has 0 spiro atoms. The Balaban J connectivity index is 1.63. The Kier molecular flexibility index (Phi) is 3.17. The fourth-order valence-electron chi connectivity index (χ4n) is 4.13. The standard InChI is InChI=1S/C16H21BrN2O/c17-12-9-15(19(10-12)13-6-7-13)16(20)18-8-2-4-11-3-1-5-14(11)18/h9-11,13-14H,1-8H2. The summed E-state index contributed by atoms with van der Waals surface area (Å²) in [4.78, 5) is 15.2. The average molecular weight is 337 g/mol. The van der Waals surface area contributed by atoms with Crippen molar-refractivity contribution in [2.45, 2.75) is 57.0 Å². The Bertz CT molecular complexity index is 535. The lowest BCUT2D eigenvalue weighted by Crippen LogP contribution is -2.46. The van der Waals surface area contributed by atoms with Crippen LogP contribution >= 0.6 is 15.9 Å². The van der Waals surface area contributed by atoms with Gasteiger partial charge in [0.2, 0.25) is 0 Å². The quantitative estimate of drug-likeness (QED) is 0.801. The Morgan fingerprint density at radius 3 is 2.75 bits per heavy atom. The summed E-state index contributed by atoms with van der Waals surface area (Å²) in [7, 11) is 0. The van der Waals surface area contributed by atoms with Gasteiger partial charge in [0.1, 0.15) is 5.69 Å². The summed E-state index contributed by atoms with van der Waals surface area (Å²) in [6.45, 7) is 0.952. The second-order valence-electron chi connectivity index (χ2n) is 6.58. The van der Waals surface area contributed by atoms with Crippen LogP contribution in [0.4, 0.5) is 0 Å². The number of likely N-dealkylation sites (tertiary alicyclic amines) is 1. The molecule has 1 saturated heterocycles. The number of hydrogen-bond donors (Lipinski definition) is 0. The summed E-state index contributed by atoms with van der Waals surface area (Å²) >= 11 is 3.54. The van der Waals surface area contributed by atoms with Gasteiger partial charge >= 0.3 is 0 Å². The number of aromatic nitrogens is 1. The first-order valence-electron chi connectivity index (χ1n) is 7.92. The van der Waals surface area contributed by atoms with Gasteiger partial charge in [-0.3, -0.25) is 4.79 Å². The maximum Gasteiger partial charge on any atom is 0.270 e. The van der Waals surface area contributed by atoms with Gasteiger partial charge in [0.25, 0.3) is 5.91 Å². The van der Waals surface area contributed by atoms with Crippen LogP contribution in [0, 0.1) is 5.92 Å². The van der Waals surface area contributed by atoms with Crippen molar-refractivity contribution >= 4 is 21.8 Å². The molecule has 4 heteroatoms. The van der Waals surface area contributed by atoms with Crippen molar-refractivity contribution in [1.82, 2.24) is 9.47 Å². The molecule has 0 radical (unpaired) electrons. The second kappa shape index (κ2) is 4.90. The van der Waals surface area contributed by atoms with Crippen molar-refractivity contribution in [3.05, 3.63) is 22.4 Å². The normalized spacial score (nSPS) is 29.6. The SMILES string of the molecule is O=C(c1cc(Br)cn1C1CC1)N1CCCC2CCCC21. The minimum Gasteiger partial charge on any atom is -0.339 e. The number of fused-ring (bicyclic) bond motifs is 1. The molecule has 0 N–H and O–H groups in total. The van der Waals surface area contributed by atoms with Crippen molar-refractivity contribution in [2.75, 3.05) is 6.54 Å². The monoisotopic (exact) mass is 336 g/mol. The molecule has 0 aromatic carbocycles. The lowest BCUT2D eigenvalue weighted by Gasteiger charge is -2.38. The van der Waals surface area contributed by atoms with E-state index in [1.807, 2.05) is 6.07 Å². The minimum absolute atomic E-state index is 0.263. The van der Waals surface area contributed by atoms with E-state index in [-0.39, 0.29) is 5.91 Å². The first kappa shape index (κ1) is 12.9. The molecule has 1 aromatic rings. The maximum atomic E-state index is 13.0. The first-order chi connectivity index (χ1) is 9.74. The molecular weight excluding hydrogens is 316 g/mol. The molecular formula is C16H21BrN2O. The predicted molar refractivity (Wildman–Crippen MR) is 81.8 cm³/mol. The fraction of sp³-hybridized carbons (Fsp3) is 0.688. The molecule has 108 valence electrons. The molecule has 1 aliphatic heterocycles. The van der Waals surface area contributed by atoms with Gasteiger partial charge in [-0.05, 0) is 66.4 Å². The van der Waals surface area contributed by atoms with E-state index < -0.39 is 0 Å². The summed E-state index contributed by atoms with van der Waals surface area (Å²) in [5.74, 6) is 1.03. The summed E-state index contributed by atoms with van der Waals surface area (Å²) in [5, 5.41) is 0. The van der Waals surface area contributed by atoms with E-state index in [1.165, 1.54) is 44.9 Å². The highest BCUT2D eigenvalue weighted by Crippen LogP contribution is 2.40. The van der Waals surface area contributed by atoms with Gasteiger partial charge in [0.15, 0.2) is 0 Å². The van der Waals surface area contributed by atoms with Crippen molar-refractivity contribution in [3.8, 4) is 0 Å². The third-order valence-corrected chi connectivity index (χ3v) is 5.66. The van der Waals surface area contributed by atoms with Crippen molar-refractivity contribution in [2.24, 2.45) is 5.92 Å². The van der Waals surface area contributed by atoms with Gasteiger partial charge in [0.05, 0.1) is 0 Å². The first-order valence-corrected chi connectivity index (χ1v) is 8.71. The van der Waals surface area contributed by atoms with E-state index in [1.54, 1.807) is 0 Å². The number of hydrogen-bond acceptors (Lipinski definition) is 1. The van der Waals surface area contributed by atoms with Crippen LogP contribution in [0.3, 0.4) is 0 Å². The largest absolute Gasteiger partial charge is 0.339 e. The van der Waals surface area contributed by atoms with Gasteiger partial charge in [-0.2, -0.15) is 0 Å². The number of carbonyl (C=O) groups excluding carboxylic acids is 1. The Morgan fingerprint density at radius 2 is 1.95 bits per heavy atom. The van der Waals surface area contributed by atoms with Crippen LogP contribution in [-0.2, 0) is 0 Å². The van der Waals surface area contributed by atoms with E-state index in [4.69, 9.17) is 0 Å². The highest BCUT2D eigenvalue weighted by atomic mass is 79.9. The van der Waals surface area contributed by atoms with E-state index in [9.17, 15) is 4.79 Å². The molecule has 2 heterocycles. The van der Waals surface area contributed by atoms with Crippen LogP contribution in [0.15, 0.2) is 16.7 Å². The zero-order valence-corrected chi connectivity index (χ0v) is 13.3. The summed E-state index contributed by atoms with van der Waals surface area (Å²) in [6, 6.07) is 3.08. The molecule has 2 atom stereocenters. The molecule has 2 aliphatic carbocycles. The molecule has 20 heavy (non-hydrogen) atoms. The number of amides is 1. The van der Waals surface area contributed by atoms with Gasteiger partial charge in [-0.1, -0.05) is 6.42 Å². The number of halogens is 1. The van der Waals surface area contributed by atoms with Gasteiger partial charge in [-0.15, -0.1) is 0 Å². The summed E-state index contributed by atoms with van der Waals surface area (Å²) in [6.07, 6.45) is 10.8. The fourth-order valence-corrected chi connectivity index (χ4v) is 4.56. The Labute approximate surface area is 128 Å². The van der Waals surface area contributed by atoms with Gasteiger partial charge in [0, 0.05) is 29.3 Å². The minimum atomic E-state index is 0.263. The average Bonchev–Trinajstić information content (AvgIpc) is 3.05. The topological polar surface area (TPSA) is 25.2 Å². The van der Waals surface area contributed by atoms with E-state index in [2.05, 4.69) is 31.6 Å². The number of carbonyl (C=O) groups is 1. The third kappa shape index (κ3) is 2.12. The van der Waals surface area contributed by atoms with Gasteiger partial charge in [-0.25, -0.2) is 0 Å². The second-order valence-corrected chi connectivity index (χ2v) is 7.50. The molecule has 1 amide bonds. The van der Waals surface area contributed by atoms with Crippen LogP contribution in [0.5, 0.6) is 0 Å². The van der Waals surface area contributed by atoms with Gasteiger partial charge < -0.3 is 9.47 Å². The van der Waals surface area contributed by atoms with Crippen molar-refractivity contribution in [3.63, 3.8) is 0 Å². The van der Waals surface area contributed by atoms with Crippen LogP contribution in [0.1, 0.15) is 61.5 Å². The zero-order chi connectivity index (χ0) is 13.7. The highest BCUT2D eigenvalue weighted by molar-refractivity contribution is 9.10. The molecule has 1 aromatic heterocycles. The van der Waals surface area contributed by atoms with E-state index in [0.717, 1.165) is 22.6 Å². The zero-order valence-electron chi connectivity index (χ0n) is 11.7. The van der Waals surface area contributed by atoms with E-state index in [0.29, 0.717) is 12.1 Å². The molecule has 3 nitrogen and oxygen atoms in total. The van der Waals surface area contributed by atoms with E-state index >= 15 is 0 Å². The number of rotatable bonds is 2. The number of nitrogens with zero attached hydrogens (tertiary/aromatic N) is 2. The number of piperidine rings is 1. The lowest BCUT2D eigenvalue weighted by molar-refractivity contribution is 0.0537. The smallest absolute Gasteiger partial charge is 0.270 e. The third-order valence-electron chi connectivity index (χ3n) is 5.23. The summed E-state index contributed by atoms with van der Waals surface area (Å²) in [5.41, 5.74) is 0.895. The van der Waals surface area contributed by atoms with Crippen molar-refractivity contribution in [1.29, 1.82) is 0 Å². The molecule has 2 saturated carbocycles. The summed E-state index contributed by atoms with van der Waals surface area (Å²) < 4.78 is 3.23.